The summed E-state index contributed by atoms with van der Waals surface area (Å²) in [5.41, 5.74) is 3.76. The molecular weight excluding hydrogens is 419 g/mol. The number of hydrogen-bond acceptors (Lipinski definition) is 3. The summed E-state index contributed by atoms with van der Waals surface area (Å²) in [5.74, 6) is 0.0459. The van der Waals surface area contributed by atoms with Crippen LogP contribution in [0.1, 0.15) is 11.1 Å². The van der Waals surface area contributed by atoms with Gasteiger partial charge in [-0.25, -0.2) is 4.39 Å². The molecule has 3 aromatic rings. The molecule has 33 heavy (non-hydrogen) atoms. The molecule has 1 saturated heterocycles. The summed E-state index contributed by atoms with van der Waals surface area (Å²) in [6, 6.07) is 21.7. The van der Waals surface area contributed by atoms with Crippen molar-refractivity contribution in [3.63, 3.8) is 0 Å². The van der Waals surface area contributed by atoms with Crippen LogP contribution in [0, 0.1) is 11.7 Å². The minimum atomic E-state index is -0.342. The molecular formula is C27H27FN2O3. The first-order chi connectivity index (χ1) is 16.0. The van der Waals surface area contributed by atoms with Crippen LogP contribution in [0.25, 0.3) is 11.1 Å². The summed E-state index contributed by atoms with van der Waals surface area (Å²) in [7, 11) is 1.60. The third-order valence-corrected chi connectivity index (χ3v) is 5.92. The minimum Gasteiger partial charge on any atom is -0.497 e. The molecule has 0 bridgehead atoms. The molecule has 0 unspecified atom stereocenters. The number of ether oxygens (including phenoxy) is 1. The summed E-state index contributed by atoms with van der Waals surface area (Å²) >= 11 is 0. The molecule has 0 aliphatic carbocycles. The van der Waals surface area contributed by atoms with E-state index in [0.29, 0.717) is 31.8 Å². The largest absolute Gasteiger partial charge is 0.497 e. The number of methoxy groups -OCH3 is 1. The molecule has 0 aromatic heterocycles. The highest BCUT2D eigenvalue weighted by molar-refractivity contribution is 5.83. The zero-order valence-electron chi connectivity index (χ0n) is 18.6. The van der Waals surface area contributed by atoms with Crippen molar-refractivity contribution in [3.8, 4) is 16.9 Å². The first kappa shape index (κ1) is 22.5. The van der Waals surface area contributed by atoms with Crippen LogP contribution in [0.4, 0.5) is 4.39 Å². The molecule has 5 nitrogen and oxygen atoms in total. The van der Waals surface area contributed by atoms with E-state index in [1.54, 1.807) is 24.1 Å². The molecule has 4 rings (SSSR count). The second kappa shape index (κ2) is 10.3. The van der Waals surface area contributed by atoms with Crippen molar-refractivity contribution in [1.29, 1.82) is 0 Å². The quantitative estimate of drug-likeness (QED) is 0.626. The Labute approximate surface area is 193 Å². The van der Waals surface area contributed by atoms with Gasteiger partial charge in [-0.15, -0.1) is 0 Å². The van der Waals surface area contributed by atoms with Crippen LogP contribution in [-0.2, 0) is 22.4 Å². The molecule has 3 aromatic carbocycles. The second-order valence-electron chi connectivity index (χ2n) is 8.27. The Bertz CT molecular complexity index is 1130. The number of nitrogens with zero attached hydrogens (tertiary/aromatic N) is 1. The van der Waals surface area contributed by atoms with E-state index in [0.717, 1.165) is 22.3 Å². The van der Waals surface area contributed by atoms with E-state index in [9.17, 15) is 14.0 Å². The van der Waals surface area contributed by atoms with Gasteiger partial charge in [-0.1, -0.05) is 48.5 Å². The van der Waals surface area contributed by atoms with Crippen LogP contribution >= 0.6 is 0 Å². The van der Waals surface area contributed by atoms with Crippen LogP contribution in [0.3, 0.4) is 0 Å². The number of carbonyl (C=O) groups is 2. The number of rotatable bonds is 6. The highest BCUT2D eigenvalue weighted by atomic mass is 19.1. The molecule has 1 heterocycles. The van der Waals surface area contributed by atoms with E-state index in [1.165, 1.54) is 12.1 Å². The second-order valence-corrected chi connectivity index (χ2v) is 8.27. The van der Waals surface area contributed by atoms with E-state index in [2.05, 4.69) is 5.32 Å². The fourth-order valence-corrected chi connectivity index (χ4v) is 4.16. The summed E-state index contributed by atoms with van der Waals surface area (Å²) < 4.78 is 18.5. The molecule has 1 N–H and O–H groups in total. The van der Waals surface area contributed by atoms with Crippen molar-refractivity contribution < 1.29 is 18.7 Å². The Balaban J connectivity index is 1.47. The third-order valence-electron chi connectivity index (χ3n) is 5.92. The Kier molecular flexibility index (Phi) is 7.03. The maximum absolute atomic E-state index is 13.3. The molecule has 0 saturated carbocycles. The van der Waals surface area contributed by atoms with Crippen molar-refractivity contribution in [2.24, 2.45) is 5.92 Å². The monoisotopic (exact) mass is 446 g/mol. The van der Waals surface area contributed by atoms with Gasteiger partial charge in [0.05, 0.1) is 19.4 Å². The zero-order chi connectivity index (χ0) is 23.2. The van der Waals surface area contributed by atoms with E-state index in [1.807, 2.05) is 48.5 Å². The number of amides is 2. The van der Waals surface area contributed by atoms with E-state index < -0.39 is 0 Å². The molecule has 1 aliphatic heterocycles. The van der Waals surface area contributed by atoms with Gasteiger partial charge in [0, 0.05) is 19.6 Å². The molecule has 1 aliphatic rings. The topological polar surface area (TPSA) is 58.6 Å². The predicted molar refractivity (Wildman–Crippen MR) is 125 cm³/mol. The number of nitrogens with one attached hydrogen (secondary N) is 1. The van der Waals surface area contributed by atoms with Crippen molar-refractivity contribution in [3.05, 3.63) is 89.7 Å². The van der Waals surface area contributed by atoms with Crippen molar-refractivity contribution in [1.82, 2.24) is 10.2 Å². The van der Waals surface area contributed by atoms with Gasteiger partial charge in [0.2, 0.25) is 11.8 Å². The van der Waals surface area contributed by atoms with Crippen molar-refractivity contribution in [2.45, 2.75) is 12.8 Å². The van der Waals surface area contributed by atoms with Crippen molar-refractivity contribution in [2.75, 3.05) is 26.7 Å². The highest BCUT2D eigenvalue weighted by Crippen LogP contribution is 2.23. The number of carbonyl (C=O) groups excluding carboxylic acids is 2. The van der Waals surface area contributed by atoms with Crippen LogP contribution in [0.15, 0.2) is 72.8 Å². The maximum Gasteiger partial charge on any atom is 0.227 e. The third kappa shape index (κ3) is 5.77. The van der Waals surface area contributed by atoms with Gasteiger partial charge in [0.1, 0.15) is 11.6 Å². The Hall–Kier alpha value is -3.67. The van der Waals surface area contributed by atoms with Gasteiger partial charge >= 0.3 is 0 Å². The Morgan fingerprint density at radius 3 is 2.58 bits per heavy atom. The Morgan fingerprint density at radius 2 is 1.79 bits per heavy atom. The molecule has 0 radical (unpaired) electrons. The number of halogens is 1. The Morgan fingerprint density at radius 1 is 1.03 bits per heavy atom. The molecule has 6 heteroatoms. The summed E-state index contributed by atoms with van der Waals surface area (Å²) in [6.45, 7) is 1.30. The summed E-state index contributed by atoms with van der Waals surface area (Å²) in [6.07, 6.45) is 0.780. The fraction of sp³-hybridized carbons (Fsp3) is 0.259. The maximum atomic E-state index is 13.3. The molecule has 0 spiro atoms. The lowest BCUT2D eigenvalue weighted by Gasteiger charge is -2.23. The van der Waals surface area contributed by atoms with Gasteiger partial charge in [-0.05, 0) is 52.9 Å². The van der Waals surface area contributed by atoms with Gasteiger partial charge < -0.3 is 15.0 Å². The summed E-state index contributed by atoms with van der Waals surface area (Å²) in [4.78, 5) is 27.5. The normalized spacial score (nSPS) is 16.1. The van der Waals surface area contributed by atoms with Crippen LogP contribution in [-0.4, -0.2) is 43.5 Å². The van der Waals surface area contributed by atoms with E-state index in [-0.39, 0.29) is 30.0 Å². The van der Waals surface area contributed by atoms with Crippen LogP contribution in [0.2, 0.25) is 0 Å². The minimum absolute atomic E-state index is 0.00943. The fourth-order valence-electron chi connectivity index (χ4n) is 4.16. The zero-order valence-corrected chi connectivity index (χ0v) is 18.6. The van der Waals surface area contributed by atoms with E-state index >= 15 is 0 Å². The lowest BCUT2D eigenvalue weighted by Crippen LogP contribution is -2.38. The SMILES string of the molecule is COc1cccc(CC(=O)N2CCNC(=O)[C@H](Cc3cccc(-c4ccc(F)cc4)c3)C2)c1. The average Bonchev–Trinajstić information content (AvgIpc) is 3.01. The first-order valence-electron chi connectivity index (χ1n) is 11.0. The van der Waals surface area contributed by atoms with Gasteiger partial charge in [0.25, 0.3) is 0 Å². The molecule has 1 atom stereocenters. The highest BCUT2D eigenvalue weighted by Gasteiger charge is 2.28. The molecule has 2 amide bonds. The van der Waals surface area contributed by atoms with Crippen LogP contribution in [0.5, 0.6) is 5.75 Å². The van der Waals surface area contributed by atoms with Gasteiger partial charge in [-0.3, -0.25) is 9.59 Å². The lowest BCUT2D eigenvalue weighted by molar-refractivity contribution is -0.131. The molecule has 1 fully saturated rings. The standard InChI is InChI=1S/C27H27FN2O3/c1-33-25-7-3-5-20(16-25)17-26(31)30-13-12-29-27(32)23(18-30)15-19-4-2-6-22(14-19)21-8-10-24(28)11-9-21/h2-11,14,16,23H,12-13,15,17-18H2,1H3,(H,29,32)/t23-/m1/s1. The van der Waals surface area contributed by atoms with Crippen molar-refractivity contribution >= 4 is 11.8 Å². The number of hydrogen-bond donors (Lipinski definition) is 1. The van der Waals surface area contributed by atoms with Gasteiger partial charge in [-0.2, -0.15) is 0 Å². The predicted octanol–water partition coefficient (Wildman–Crippen LogP) is 3.86. The first-order valence-corrected chi connectivity index (χ1v) is 11.0. The van der Waals surface area contributed by atoms with Gasteiger partial charge in [0.15, 0.2) is 0 Å². The number of benzene rings is 3. The average molecular weight is 447 g/mol. The molecule has 170 valence electrons. The smallest absolute Gasteiger partial charge is 0.227 e. The lowest BCUT2D eigenvalue weighted by atomic mass is 9.95. The van der Waals surface area contributed by atoms with E-state index in [4.69, 9.17) is 4.74 Å². The summed E-state index contributed by atoms with van der Waals surface area (Å²) in [5, 5.41) is 2.94. The van der Waals surface area contributed by atoms with Crippen LogP contribution < -0.4 is 10.1 Å².